The van der Waals surface area contributed by atoms with Gasteiger partial charge in [-0.2, -0.15) is 0 Å². The number of amides is 3. The molecule has 3 aromatic rings. The molecule has 0 unspecified atom stereocenters. The first-order valence-electron chi connectivity index (χ1n) is 9.64. The summed E-state index contributed by atoms with van der Waals surface area (Å²) in [6, 6.07) is 9.62. The second kappa shape index (κ2) is 7.64. The molecule has 3 amide bonds. The number of rotatable bonds is 5. The Kier molecular flexibility index (Phi) is 4.90. The van der Waals surface area contributed by atoms with Crippen LogP contribution in [-0.2, 0) is 14.6 Å². The van der Waals surface area contributed by atoms with Crippen LogP contribution in [0.25, 0.3) is 10.2 Å². The van der Waals surface area contributed by atoms with E-state index in [0.717, 1.165) is 6.26 Å². The highest BCUT2D eigenvalue weighted by atomic mass is 32.2. The summed E-state index contributed by atoms with van der Waals surface area (Å²) < 4.78 is 34.8. The summed E-state index contributed by atoms with van der Waals surface area (Å²) in [7, 11) is -3.33. The van der Waals surface area contributed by atoms with Gasteiger partial charge in [0.2, 0.25) is 12.7 Å². The number of carbonyl (C=O) groups excluding carboxylic acids is 2. The molecule has 5 rings (SSSR count). The lowest BCUT2D eigenvalue weighted by Gasteiger charge is -2.18. The van der Waals surface area contributed by atoms with Gasteiger partial charge >= 0.3 is 6.03 Å². The molecule has 1 saturated heterocycles. The third kappa shape index (κ3) is 3.82. The van der Waals surface area contributed by atoms with Crippen molar-refractivity contribution in [1.29, 1.82) is 0 Å². The molecule has 166 valence electrons. The Balaban J connectivity index is 1.25. The van der Waals surface area contributed by atoms with Crippen molar-refractivity contribution in [1.82, 2.24) is 9.88 Å². The Labute approximate surface area is 187 Å². The lowest BCUT2D eigenvalue weighted by atomic mass is 10.2. The summed E-state index contributed by atoms with van der Waals surface area (Å²) in [5, 5.41) is 3.04. The molecule has 0 saturated carbocycles. The van der Waals surface area contributed by atoms with E-state index in [1.54, 1.807) is 29.2 Å². The van der Waals surface area contributed by atoms with Crippen molar-refractivity contribution < 1.29 is 27.5 Å². The van der Waals surface area contributed by atoms with Crippen molar-refractivity contribution in [2.45, 2.75) is 4.90 Å². The number of nitrogens with zero attached hydrogens (tertiary/aromatic N) is 3. The van der Waals surface area contributed by atoms with Crippen LogP contribution in [0.5, 0.6) is 11.5 Å². The summed E-state index contributed by atoms with van der Waals surface area (Å²) in [6.07, 6.45) is 1.14. The molecule has 3 heterocycles. The van der Waals surface area contributed by atoms with Gasteiger partial charge in [0.25, 0.3) is 0 Å². The van der Waals surface area contributed by atoms with Crippen molar-refractivity contribution in [2.24, 2.45) is 0 Å². The molecule has 1 fully saturated rings. The second-order valence-electron chi connectivity index (χ2n) is 7.36. The van der Waals surface area contributed by atoms with Gasteiger partial charge in [0.05, 0.1) is 15.1 Å². The maximum atomic E-state index is 12.8. The zero-order valence-corrected chi connectivity index (χ0v) is 18.5. The van der Waals surface area contributed by atoms with Crippen LogP contribution in [0.1, 0.15) is 0 Å². The number of urea groups is 1. The third-order valence-electron chi connectivity index (χ3n) is 5.13. The minimum absolute atomic E-state index is 0.121. The van der Waals surface area contributed by atoms with E-state index < -0.39 is 9.84 Å². The first-order chi connectivity index (χ1) is 15.3. The SMILES string of the molecule is CS(=O)(=O)c1ccc2nc(NC(=O)CN3CCN(c4ccc5c(c4)OCO5)C3=O)sc2c1. The van der Waals surface area contributed by atoms with Crippen molar-refractivity contribution in [3.8, 4) is 11.5 Å². The predicted molar refractivity (Wildman–Crippen MR) is 118 cm³/mol. The highest BCUT2D eigenvalue weighted by Crippen LogP contribution is 2.36. The Bertz CT molecular complexity index is 1350. The van der Waals surface area contributed by atoms with Crippen LogP contribution in [0.2, 0.25) is 0 Å². The van der Waals surface area contributed by atoms with Gasteiger partial charge in [-0.05, 0) is 30.3 Å². The Morgan fingerprint density at radius 1 is 1.16 bits per heavy atom. The minimum Gasteiger partial charge on any atom is -0.454 e. The van der Waals surface area contributed by atoms with E-state index in [9.17, 15) is 18.0 Å². The number of hydrogen-bond donors (Lipinski definition) is 1. The number of hydrogen-bond acceptors (Lipinski definition) is 8. The molecule has 2 aromatic carbocycles. The molecule has 1 N–H and O–H groups in total. The van der Waals surface area contributed by atoms with Crippen LogP contribution >= 0.6 is 11.3 Å². The highest BCUT2D eigenvalue weighted by Gasteiger charge is 2.32. The van der Waals surface area contributed by atoms with Gasteiger partial charge in [-0.1, -0.05) is 11.3 Å². The van der Waals surface area contributed by atoms with E-state index in [-0.39, 0.29) is 30.2 Å². The largest absolute Gasteiger partial charge is 0.454 e. The number of benzene rings is 2. The fraction of sp³-hybridized carbons (Fsp3) is 0.250. The molecular weight excluding hydrogens is 456 g/mol. The number of thiazole rings is 1. The first kappa shape index (κ1) is 20.5. The van der Waals surface area contributed by atoms with Gasteiger partial charge in [0, 0.05) is 31.1 Å². The smallest absolute Gasteiger partial charge is 0.325 e. The normalized spacial score (nSPS) is 15.6. The van der Waals surface area contributed by atoms with Crippen molar-refractivity contribution >= 4 is 54.1 Å². The second-order valence-corrected chi connectivity index (χ2v) is 10.4. The zero-order valence-electron chi connectivity index (χ0n) is 16.9. The van der Waals surface area contributed by atoms with Crippen LogP contribution in [0.15, 0.2) is 41.3 Å². The number of ether oxygens (including phenoxy) is 2. The number of fused-ring (bicyclic) bond motifs is 2. The van der Waals surface area contributed by atoms with E-state index in [2.05, 4.69) is 10.3 Å². The molecular formula is C20H18N4O6S2. The molecule has 2 aliphatic heterocycles. The molecule has 0 aliphatic carbocycles. The number of nitrogens with one attached hydrogen (secondary N) is 1. The third-order valence-corrected chi connectivity index (χ3v) is 7.18. The fourth-order valence-corrected chi connectivity index (χ4v) is 5.19. The molecule has 10 nitrogen and oxygen atoms in total. The van der Waals surface area contributed by atoms with E-state index in [0.29, 0.717) is 45.6 Å². The van der Waals surface area contributed by atoms with Gasteiger partial charge in [0.1, 0.15) is 6.54 Å². The molecule has 32 heavy (non-hydrogen) atoms. The minimum atomic E-state index is -3.33. The van der Waals surface area contributed by atoms with Crippen molar-refractivity contribution in [3.05, 3.63) is 36.4 Å². The molecule has 1 aromatic heterocycles. The lowest BCUT2D eigenvalue weighted by Crippen LogP contribution is -2.37. The Morgan fingerprint density at radius 3 is 2.78 bits per heavy atom. The molecule has 2 aliphatic rings. The molecule has 0 atom stereocenters. The maximum Gasteiger partial charge on any atom is 0.325 e. The zero-order chi connectivity index (χ0) is 22.5. The topological polar surface area (TPSA) is 118 Å². The number of aromatic nitrogens is 1. The summed E-state index contributed by atoms with van der Waals surface area (Å²) in [5.41, 5.74) is 1.26. The van der Waals surface area contributed by atoms with Gasteiger partial charge in [0.15, 0.2) is 26.5 Å². The molecule has 0 bridgehead atoms. The average Bonchev–Trinajstić information content (AvgIpc) is 3.44. The van der Waals surface area contributed by atoms with Crippen LogP contribution in [0, 0.1) is 0 Å². The van der Waals surface area contributed by atoms with E-state index >= 15 is 0 Å². The predicted octanol–water partition coefficient (Wildman–Crippen LogP) is 2.31. The Morgan fingerprint density at radius 2 is 1.97 bits per heavy atom. The highest BCUT2D eigenvalue weighted by molar-refractivity contribution is 7.90. The standard InChI is InChI=1S/C20H18N4O6S2/c1-32(27,28)13-3-4-14-17(9-13)31-19(21-14)22-18(25)10-23-6-7-24(20(23)26)12-2-5-15-16(8-12)30-11-29-15/h2-5,8-9H,6-7,10-11H2,1H3,(H,21,22,25). The maximum absolute atomic E-state index is 12.8. The molecule has 12 heteroatoms. The van der Waals surface area contributed by atoms with Gasteiger partial charge in [-0.3, -0.25) is 9.69 Å². The van der Waals surface area contributed by atoms with Gasteiger partial charge in [-0.25, -0.2) is 18.2 Å². The van der Waals surface area contributed by atoms with Crippen LogP contribution in [-0.4, -0.2) is 62.9 Å². The average molecular weight is 475 g/mol. The summed E-state index contributed by atoms with van der Waals surface area (Å²) in [5.74, 6) is 0.839. The molecule has 0 spiro atoms. The van der Waals surface area contributed by atoms with Gasteiger partial charge in [-0.15, -0.1) is 0 Å². The first-order valence-corrected chi connectivity index (χ1v) is 12.4. The van der Waals surface area contributed by atoms with Crippen LogP contribution in [0.4, 0.5) is 15.6 Å². The van der Waals surface area contributed by atoms with E-state index in [1.807, 2.05) is 0 Å². The monoisotopic (exact) mass is 474 g/mol. The molecule has 0 radical (unpaired) electrons. The van der Waals surface area contributed by atoms with E-state index in [4.69, 9.17) is 9.47 Å². The summed E-state index contributed by atoms with van der Waals surface area (Å²) >= 11 is 1.18. The quantitative estimate of drug-likeness (QED) is 0.603. The van der Waals surface area contributed by atoms with Crippen molar-refractivity contribution in [2.75, 3.05) is 42.9 Å². The number of anilines is 2. The Hall–Kier alpha value is -3.38. The van der Waals surface area contributed by atoms with Crippen LogP contribution < -0.4 is 19.7 Å². The number of carbonyl (C=O) groups is 2. The summed E-state index contributed by atoms with van der Waals surface area (Å²) in [4.78, 5) is 32.9. The van der Waals surface area contributed by atoms with Crippen molar-refractivity contribution in [3.63, 3.8) is 0 Å². The van der Waals surface area contributed by atoms with Crippen LogP contribution in [0.3, 0.4) is 0 Å². The van der Waals surface area contributed by atoms with Gasteiger partial charge < -0.3 is 19.7 Å². The van der Waals surface area contributed by atoms with E-state index in [1.165, 1.54) is 28.4 Å². The lowest BCUT2D eigenvalue weighted by molar-refractivity contribution is -0.116. The number of sulfone groups is 1. The summed E-state index contributed by atoms with van der Waals surface area (Å²) in [6.45, 7) is 0.879. The fourth-order valence-electron chi connectivity index (χ4n) is 3.54.